The Labute approximate surface area is 123 Å². The summed E-state index contributed by atoms with van der Waals surface area (Å²) < 4.78 is 12.4. The summed E-state index contributed by atoms with van der Waals surface area (Å²) in [4.78, 5) is 11.9. The van der Waals surface area contributed by atoms with Gasteiger partial charge >= 0.3 is 0 Å². The average molecular weight is 530 g/mol. The van der Waals surface area contributed by atoms with E-state index in [-0.39, 0.29) is 11.6 Å². The first-order valence-corrected chi connectivity index (χ1v) is 6.93. The monoisotopic (exact) mass is 530 g/mol. The quantitative estimate of drug-likeness (QED) is 0.318. The Hall–Kier alpha value is 1.01. The number of aryl methyl sites for hydroxylation is 1. The minimum absolute atomic E-state index is 0.0590. The zero-order valence-corrected chi connectivity index (χ0v) is 13.6. The summed E-state index contributed by atoms with van der Waals surface area (Å²) in [5, 5.41) is 0. The molecule has 0 heterocycles. The zero-order chi connectivity index (χ0) is 10.9. The molecule has 0 aliphatic carbocycles. The number of halogens is 4. The van der Waals surface area contributed by atoms with Crippen LogP contribution in [0.1, 0.15) is 15.9 Å². The summed E-state index contributed by atoms with van der Waals surface area (Å²) in [6.45, 7) is 1.81. The van der Waals surface area contributed by atoms with Crippen LogP contribution in [0.15, 0.2) is 18.2 Å². The molecule has 0 fully saturated rings. The van der Waals surface area contributed by atoms with Crippen molar-refractivity contribution < 1.29 is 9.18 Å². The Morgan fingerprint density at radius 2 is 1.93 bits per heavy atom. The van der Waals surface area contributed by atoms with Crippen molar-refractivity contribution in [1.82, 2.24) is 0 Å². The lowest BCUT2D eigenvalue weighted by Gasteiger charge is -2.12. The standard InChI is InChI=1S/C9H6FI3O/c1-5-2-3-6(10)4-7(5)8(14)9(11,12)13/h2-4H,1H3. The Kier molecular flexibility index (Phi) is 4.57. The number of Topliss-reactive ketones (excluding diaryl/α,β-unsaturated/α-hetero) is 1. The summed E-state index contributed by atoms with van der Waals surface area (Å²) in [7, 11) is 0. The fraction of sp³-hybridized carbons (Fsp3) is 0.222. The molecule has 1 nitrogen and oxygen atoms in total. The van der Waals surface area contributed by atoms with Gasteiger partial charge in [0.25, 0.3) is 0 Å². The number of rotatable bonds is 2. The second kappa shape index (κ2) is 4.89. The van der Waals surface area contributed by atoms with Gasteiger partial charge in [0.15, 0.2) is 5.22 Å². The third-order valence-corrected chi connectivity index (χ3v) is 3.17. The molecule has 5 heteroatoms. The van der Waals surface area contributed by atoms with Gasteiger partial charge in [-0.1, -0.05) is 6.07 Å². The minimum Gasteiger partial charge on any atom is -0.291 e. The molecule has 0 N–H and O–H groups in total. The van der Waals surface area contributed by atoms with Crippen LogP contribution in [-0.4, -0.2) is 5.22 Å². The fourth-order valence-electron chi connectivity index (χ4n) is 0.992. The maximum atomic E-state index is 12.9. The topological polar surface area (TPSA) is 17.1 Å². The summed E-state index contributed by atoms with van der Waals surface area (Å²) >= 11 is 6.11. The van der Waals surface area contributed by atoms with Crippen LogP contribution in [0.4, 0.5) is 4.39 Å². The molecule has 0 atom stereocenters. The molecule has 0 saturated carbocycles. The normalized spacial score (nSPS) is 11.5. The molecule has 76 valence electrons. The van der Waals surface area contributed by atoms with Crippen LogP contribution in [0.2, 0.25) is 0 Å². The molecule has 0 aliphatic rings. The van der Waals surface area contributed by atoms with Crippen molar-refractivity contribution in [3.05, 3.63) is 35.1 Å². The van der Waals surface area contributed by atoms with Gasteiger partial charge in [0.1, 0.15) is 5.82 Å². The van der Waals surface area contributed by atoms with E-state index in [4.69, 9.17) is 0 Å². The van der Waals surface area contributed by atoms with E-state index in [9.17, 15) is 9.18 Å². The van der Waals surface area contributed by atoms with E-state index in [1.54, 1.807) is 6.07 Å². The van der Waals surface area contributed by atoms with Crippen molar-refractivity contribution in [2.75, 3.05) is 0 Å². The number of hydrogen-bond acceptors (Lipinski definition) is 1. The van der Waals surface area contributed by atoms with Gasteiger partial charge in [-0.3, -0.25) is 4.79 Å². The van der Waals surface area contributed by atoms with Gasteiger partial charge < -0.3 is 0 Å². The van der Waals surface area contributed by atoms with Crippen LogP contribution in [-0.2, 0) is 0 Å². The number of carbonyl (C=O) groups excluding carboxylic acids is 1. The van der Waals surface area contributed by atoms with E-state index >= 15 is 0 Å². The maximum Gasteiger partial charge on any atom is 0.198 e. The summed E-state index contributed by atoms with van der Waals surface area (Å²) in [6, 6.07) is 4.28. The van der Waals surface area contributed by atoms with Gasteiger partial charge in [-0.2, -0.15) is 0 Å². The van der Waals surface area contributed by atoms with Crippen LogP contribution in [0.3, 0.4) is 0 Å². The van der Waals surface area contributed by atoms with E-state index < -0.39 is -0.565 Å². The predicted octanol–water partition coefficient (Wildman–Crippen LogP) is 4.28. The molecule has 0 aliphatic heterocycles. The van der Waals surface area contributed by atoms with Crippen LogP contribution < -0.4 is 0 Å². The first-order chi connectivity index (χ1) is 6.32. The van der Waals surface area contributed by atoms with Gasteiger partial charge in [-0.25, -0.2) is 4.39 Å². The molecule has 14 heavy (non-hydrogen) atoms. The van der Waals surface area contributed by atoms with Crippen molar-refractivity contribution in [2.24, 2.45) is 0 Å². The van der Waals surface area contributed by atoms with Crippen molar-refractivity contribution in [3.63, 3.8) is 0 Å². The third-order valence-electron chi connectivity index (χ3n) is 1.70. The van der Waals surface area contributed by atoms with Crippen molar-refractivity contribution in [2.45, 2.75) is 6.36 Å². The second-order valence-corrected chi connectivity index (χ2v) is 13.8. The van der Waals surface area contributed by atoms with Crippen LogP contribution in [0.25, 0.3) is 0 Å². The summed E-state index contributed by atoms with van der Waals surface area (Å²) in [5.41, 5.74) is 1.27. The number of hydrogen-bond donors (Lipinski definition) is 0. The highest BCUT2D eigenvalue weighted by Gasteiger charge is 2.30. The SMILES string of the molecule is Cc1ccc(F)cc1C(=O)C(I)(I)I. The minimum atomic E-state index is -0.550. The molecule has 0 spiro atoms. The van der Waals surface area contributed by atoms with Gasteiger partial charge in [0, 0.05) is 5.56 Å². The molecule has 0 aromatic heterocycles. The molecule has 1 aromatic rings. The van der Waals surface area contributed by atoms with Crippen molar-refractivity contribution >= 4 is 73.6 Å². The Bertz CT molecular complexity index is 371. The number of alkyl halides is 3. The Morgan fingerprint density at radius 1 is 1.36 bits per heavy atom. The highest BCUT2D eigenvalue weighted by atomic mass is 127. The summed E-state index contributed by atoms with van der Waals surface area (Å²) in [6.07, 6.45) is 0. The smallest absolute Gasteiger partial charge is 0.198 e. The molecule has 0 saturated heterocycles. The highest BCUT2D eigenvalue weighted by Crippen LogP contribution is 2.39. The largest absolute Gasteiger partial charge is 0.291 e. The van der Waals surface area contributed by atoms with Gasteiger partial charge in [0.2, 0.25) is 0 Å². The van der Waals surface area contributed by atoms with E-state index in [1.165, 1.54) is 12.1 Å². The lowest BCUT2D eigenvalue weighted by Crippen LogP contribution is -2.17. The molecule has 0 amide bonds. The van der Waals surface area contributed by atoms with Gasteiger partial charge in [-0.15, -0.1) is 0 Å². The molecular formula is C9H6FI3O. The lowest BCUT2D eigenvalue weighted by atomic mass is 10.1. The predicted molar refractivity (Wildman–Crippen MR) is 80.3 cm³/mol. The molecule has 0 bridgehead atoms. The van der Waals surface area contributed by atoms with Crippen molar-refractivity contribution in [1.29, 1.82) is 0 Å². The third kappa shape index (κ3) is 3.26. The van der Waals surface area contributed by atoms with E-state index in [0.717, 1.165) is 5.56 Å². The first kappa shape index (κ1) is 13.1. The highest BCUT2D eigenvalue weighted by molar-refractivity contribution is 14.3. The number of ketones is 1. The number of benzene rings is 1. The van der Waals surface area contributed by atoms with Crippen LogP contribution in [0.5, 0.6) is 0 Å². The fourth-order valence-corrected chi connectivity index (χ4v) is 1.86. The second-order valence-electron chi connectivity index (χ2n) is 2.79. The van der Waals surface area contributed by atoms with Crippen LogP contribution in [0, 0.1) is 12.7 Å². The molecular weight excluding hydrogens is 524 g/mol. The van der Waals surface area contributed by atoms with Crippen molar-refractivity contribution in [3.8, 4) is 0 Å². The molecule has 1 rings (SSSR count). The Morgan fingerprint density at radius 3 is 2.43 bits per heavy atom. The van der Waals surface area contributed by atoms with Crippen LogP contribution >= 0.6 is 67.8 Å². The molecule has 1 aromatic carbocycles. The molecule has 0 unspecified atom stereocenters. The molecule has 0 radical (unpaired) electrons. The number of carbonyl (C=O) groups is 1. The van der Waals surface area contributed by atoms with E-state index in [1.807, 2.05) is 74.7 Å². The Balaban J connectivity index is 3.19. The zero-order valence-electron chi connectivity index (χ0n) is 7.15. The van der Waals surface area contributed by atoms with Gasteiger partial charge in [-0.05, 0) is 92.4 Å². The maximum absolute atomic E-state index is 12.9. The lowest BCUT2D eigenvalue weighted by molar-refractivity contribution is 0.101. The first-order valence-electron chi connectivity index (χ1n) is 3.70. The van der Waals surface area contributed by atoms with E-state index in [0.29, 0.717) is 5.56 Å². The van der Waals surface area contributed by atoms with Gasteiger partial charge in [0.05, 0.1) is 0 Å². The van der Waals surface area contributed by atoms with E-state index in [2.05, 4.69) is 0 Å². The average Bonchev–Trinajstić information content (AvgIpc) is 2.06. The summed E-state index contributed by atoms with van der Waals surface area (Å²) in [5.74, 6) is -0.427.